The van der Waals surface area contributed by atoms with Gasteiger partial charge in [0.05, 0.1) is 11.6 Å². The summed E-state index contributed by atoms with van der Waals surface area (Å²) < 4.78 is 0. The number of nitriles is 1. The molecule has 0 spiro atoms. The van der Waals surface area contributed by atoms with Crippen molar-refractivity contribution < 1.29 is 0 Å². The summed E-state index contributed by atoms with van der Waals surface area (Å²) in [5.41, 5.74) is 1.94. The van der Waals surface area contributed by atoms with Crippen LogP contribution in [0.4, 0.5) is 5.69 Å². The molecule has 86 valence electrons. The molecule has 0 aliphatic carbocycles. The van der Waals surface area contributed by atoms with Gasteiger partial charge < -0.3 is 10.2 Å². The summed E-state index contributed by atoms with van der Waals surface area (Å²) in [6.45, 7) is 8.18. The van der Waals surface area contributed by atoms with Crippen molar-refractivity contribution in [2.75, 3.05) is 31.1 Å². The Morgan fingerprint density at radius 2 is 1.69 bits per heavy atom. The standard InChI is InChI=1S/C11H13N3.C2H6/c12-9-10-1-3-11(4-2-10)14-7-5-13-6-8-14;1-2/h1-4,13H,5-8H2;1-2H3. The lowest BCUT2D eigenvalue weighted by Crippen LogP contribution is -2.43. The highest BCUT2D eigenvalue weighted by molar-refractivity contribution is 5.49. The Hall–Kier alpha value is -1.53. The number of nitrogens with zero attached hydrogens (tertiary/aromatic N) is 2. The van der Waals surface area contributed by atoms with Crippen LogP contribution in [-0.4, -0.2) is 26.2 Å². The number of nitrogens with one attached hydrogen (secondary N) is 1. The summed E-state index contributed by atoms with van der Waals surface area (Å²) in [5.74, 6) is 0. The molecule has 1 N–H and O–H groups in total. The minimum Gasteiger partial charge on any atom is -0.369 e. The van der Waals surface area contributed by atoms with Crippen molar-refractivity contribution in [1.29, 1.82) is 5.26 Å². The lowest BCUT2D eigenvalue weighted by Gasteiger charge is -2.29. The summed E-state index contributed by atoms with van der Waals surface area (Å²) in [6, 6.07) is 9.91. The molecule has 0 saturated carbocycles. The van der Waals surface area contributed by atoms with Crippen LogP contribution in [0, 0.1) is 11.3 Å². The molecule has 0 radical (unpaired) electrons. The molecule has 3 nitrogen and oxygen atoms in total. The van der Waals surface area contributed by atoms with Crippen molar-refractivity contribution in [2.45, 2.75) is 13.8 Å². The first-order chi connectivity index (χ1) is 7.90. The molecule has 1 saturated heterocycles. The second-order valence-electron chi connectivity index (χ2n) is 3.40. The Morgan fingerprint density at radius 3 is 2.19 bits per heavy atom. The van der Waals surface area contributed by atoms with E-state index >= 15 is 0 Å². The van der Waals surface area contributed by atoms with E-state index in [9.17, 15) is 0 Å². The highest BCUT2D eigenvalue weighted by atomic mass is 15.2. The third kappa shape index (κ3) is 3.25. The molecule has 0 atom stereocenters. The van der Waals surface area contributed by atoms with Crippen molar-refractivity contribution in [2.24, 2.45) is 0 Å². The van der Waals surface area contributed by atoms with Crippen LogP contribution in [0.2, 0.25) is 0 Å². The molecule has 1 aromatic carbocycles. The van der Waals surface area contributed by atoms with Crippen molar-refractivity contribution >= 4 is 5.69 Å². The normalized spacial score (nSPS) is 14.7. The molecule has 1 fully saturated rings. The van der Waals surface area contributed by atoms with Gasteiger partial charge in [0.1, 0.15) is 0 Å². The second kappa shape index (κ2) is 6.86. The topological polar surface area (TPSA) is 39.1 Å². The monoisotopic (exact) mass is 217 g/mol. The van der Waals surface area contributed by atoms with Crippen molar-refractivity contribution in [3.63, 3.8) is 0 Å². The quantitative estimate of drug-likeness (QED) is 0.782. The number of rotatable bonds is 1. The molecule has 0 amide bonds. The van der Waals surface area contributed by atoms with Gasteiger partial charge in [0, 0.05) is 31.9 Å². The van der Waals surface area contributed by atoms with Crippen LogP contribution in [0.1, 0.15) is 19.4 Å². The number of anilines is 1. The minimum absolute atomic E-state index is 0.726. The molecular formula is C13H19N3. The van der Waals surface area contributed by atoms with Gasteiger partial charge >= 0.3 is 0 Å². The average Bonchev–Trinajstić information content (AvgIpc) is 2.42. The number of hydrogen-bond acceptors (Lipinski definition) is 3. The number of piperazine rings is 1. The van der Waals surface area contributed by atoms with E-state index < -0.39 is 0 Å². The van der Waals surface area contributed by atoms with E-state index in [4.69, 9.17) is 5.26 Å². The zero-order valence-corrected chi connectivity index (χ0v) is 10.0. The van der Waals surface area contributed by atoms with Gasteiger partial charge in [-0.25, -0.2) is 0 Å². The average molecular weight is 217 g/mol. The predicted octanol–water partition coefficient (Wildman–Crippen LogP) is 1.99. The molecular weight excluding hydrogens is 198 g/mol. The second-order valence-corrected chi connectivity index (χ2v) is 3.40. The fourth-order valence-corrected chi connectivity index (χ4v) is 1.67. The van der Waals surface area contributed by atoms with Gasteiger partial charge in [-0.05, 0) is 24.3 Å². The molecule has 1 heterocycles. The van der Waals surface area contributed by atoms with Crippen LogP contribution in [0.25, 0.3) is 0 Å². The first-order valence-corrected chi connectivity index (χ1v) is 5.86. The third-order valence-corrected chi connectivity index (χ3v) is 2.48. The van der Waals surface area contributed by atoms with E-state index in [1.54, 1.807) is 0 Å². The van der Waals surface area contributed by atoms with E-state index in [0.717, 1.165) is 31.7 Å². The van der Waals surface area contributed by atoms with Crippen LogP contribution in [-0.2, 0) is 0 Å². The molecule has 1 aliphatic rings. The van der Waals surface area contributed by atoms with Crippen LogP contribution >= 0.6 is 0 Å². The number of benzene rings is 1. The van der Waals surface area contributed by atoms with Gasteiger partial charge in [0.15, 0.2) is 0 Å². The summed E-state index contributed by atoms with van der Waals surface area (Å²) in [4.78, 5) is 2.33. The van der Waals surface area contributed by atoms with Crippen LogP contribution in [0.5, 0.6) is 0 Å². The SMILES string of the molecule is CC.N#Cc1ccc(N2CCNCC2)cc1. The zero-order valence-electron chi connectivity index (χ0n) is 10.0. The Morgan fingerprint density at radius 1 is 1.12 bits per heavy atom. The van der Waals surface area contributed by atoms with Crippen LogP contribution < -0.4 is 10.2 Å². The summed E-state index contributed by atoms with van der Waals surface area (Å²) in [5, 5.41) is 12.0. The summed E-state index contributed by atoms with van der Waals surface area (Å²) >= 11 is 0. The van der Waals surface area contributed by atoms with Gasteiger partial charge in [0.25, 0.3) is 0 Å². The molecule has 16 heavy (non-hydrogen) atoms. The maximum Gasteiger partial charge on any atom is 0.0991 e. The van der Waals surface area contributed by atoms with Crippen molar-refractivity contribution in [3.05, 3.63) is 29.8 Å². The summed E-state index contributed by atoms with van der Waals surface area (Å²) in [7, 11) is 0. The van der Waals surface area contributed by atoms with Gasteiger partial charge in [-0.15, -0.1) is 0 Å². The van der Waals surface area contributed by atoms with E-state index in [2.05, 4.69) is 16.3 Å². The maximum atomic E-state index is 8.67. The first-order valence-electron chi connectivity index (χ1n) is 5.86. The Labute approximate surface area is 97.7 Å². The maximum absolute atomic E-state index is 8.67. The van der Waals surface area contributed by atoms with Gasteiger partial charge in [0.2, 0.25) is 0 Å². The molecule has 1 aliphatic heterocycles. The first kappa shape index (κ1) is 12.5. The van der Waals surface area contributed by atoms with Gasteiger partial charge in [-0.2, -0.15) is 5.26 Å². The molecule has 3 heteroatoms. The minimum atomic E-state index is 0.726. The third-order valence-electron chi connectivity index (χ3n) is 2.48. The molecule has 2 rings (SSSR count). The van der Waals surface area contributed by atoms with E-state index in [-0.39, 0.29) is 0 Å². The Bertz CT molecular complexity index is 331. The molecule has 0 aromatic heterocycles. The lowest BCUT2D eigenvalue weighted by atomic mass is 10.2. The fraction of sp³-hybridized carbons (Fsp3) is 0.462. The summed E-state index contributed by atoms with van der Waals surface area (Å²) in [6.07, 6.45) is 0. The highest BCUT2D eigenvalue weighted by Gasteiger charge is 2.09. The van der Waals surface area contributed by atoms with E-state index in [1.165, 1.54) is 5.69 Å². The highest BCUT2D eigenvalue weighted by Crippen LogP contribution is 2.15. The molecule has 0 unspecified atom stereocenters. The van der Waals surface area contributed by atoms with Crippen molar-refractivity contribution in [1.82, 2.24) is 5.32 Å². The fourth-order valence-electron chi connectivity index (χ4n) is 1.67. The predicted molar refractivity (Wildman–Crippen MR) is 67.6 cm³/mol. The largest absolute Gasteiger partial charge is 0.369 e. The number of hydrogen-bond donors (Lipinski definition) is 1. The zero-order chi connectivity index (χ0) is 11.8. The van der Waals surface area contributed by atoms with E-state index in [0.29, 0.717) is 0 Å². The van der Waals surface area contributed by atoms with Gasteiger partial charge in [-0.3, -0.25) is 0 Å². The smallest absolute Gasteiger partial charge is 0.0991 e. The molecule has 1 aromatic rings. The van der Waals surface area contributed by atoms with Crippen LogP contribution in [0.15, 0.2) is 24.3 Å². The van der Waals surface area contributed by atoms with Crippen LogP contribution in [0.3, 0.4) is 0 Å². The Kier molecular flexibility index (Phi) is 5.38. The van der Waals surface area contributed by atoms with Crippen molar-refractivity contribution in [3.8, 4) is 6.07 Å². The van der Waals surface area contributed by atoms with Gasteiger partial charge in [-0.1, -0.05) is 13.8 Å². The Balaban J connectivity index is 0.000000606. The molecule has 0 bridgehead atoms. The lowest BCUT2D eigenvalue weighted by molar-refractivity contribution is 0.589. The van der Waals surface area contributed by atoms with E-state index in [1.807, 2.05) is 38.1 Å².